The minimum absolute atomic E-state index is 0.0771. The average Bonchev–Trinajstić information content (AvgIpc) is 2.82. The Morgan fingerprint density at radius 3 is 2.75 bits per heavy atom. The van der Waals surface area contributed by atoms with Gasteiger partial charge in [0.2, 0.25) is 0 Å². The number of halogens is 1. The second-order valence-electron chi connectivity index (χ2n) is 4.90. The molecule has 20 heavy (non-hydrogen) atoms. The van der Waals surface area contributed by atoms with Gasteiger partial charge in [-0.05, 0) is 29.8 Å². The van der Waals surface area contributed by atoms with Gasteiger partial charge in [0.05, 0.1) is 29.0 Å². The maximum atomic E-state index is 9.00. The van der Waals surface area contributed by atoms with Crippen molar-refractivity contribution in [2.24, 2.45) is 0 Å². The number of nitrogens with zero attached hydrogens (tertiary/aromatic N) is 6. The van der Waals surface area contributed by atoms with Crippen LogP contribution >= 0.6 is 15.9 Å². The van der Waals surface area contributed by atoms with E-state index in [-0.39, 0.29) is 12.6 Å². The molecule has 3 heterocycles. The highest BCUT2D eigenvalue weighted by Gasteiger charge is 2.32. The molecule has 0 radical (unpaired) electrons. The van der Waals surface area contributed by atoms with E-state index in [1.165, 1.54) is 0 Å². The summed E-state index contributed by atoms with van der Waals surface area (Å²) in [4.78, 5) is 11.0. The van der Waals surface area contributed by atoms with Gasteiger partial charge in [-0.2, -0.15) is 0 Å². The minimum atomic E-state index is -0.0771. The van der Waals surface area contributed by atoms with Crippen molar-refractivity contribution < 1.29 is 5.11 Å². The van der Waals surface area contributed by atoms with Crippen molar-refractivity contribution in [3.8, 4) is 0 Å². The van der Waals surface area contributed by atoms with Gasteiger partial charge >= 0.3 is 0 Å². The molecular formula is C12H15BrN6O. The second-order valence-corrected chi connectivity index (χ2v) is 5.69. The average molecular weight is 339 g/mol. The quantitative estimate of drug-likeness (QED) is 0.899. The Morgan fingerprint density at radius 2 is 2.10 bits per heavy atom. The Kier molecular flexibility index (Phi) is 3.43. The van der Waals surface area contributed by atoms with Gasteiger partial charge in [0.25, 0.3) is 0 Å². The first-order valence-electron chi connectivity index (χ1n) is 6.35. The maximum absolute atomic E-state index is 9.00. The topological polar surface area (TPSA) is 80.0 Å². The number of anilines is 1. The smallest absolute Gasteiger partial charge is 0.147 e. The normalized spacial score (nSPS) is 15.5. The summed E-state index contributed by atoms with van der Waals surface area (Å²) in [6.45, 7) is 5.42. The van der Waals surface area contributed by atoms with Crippen LogP contribution in [0.5, 0.6) is 0 Å². The molecule has 0 amide bonds. The lowest BCUT2D eigenvalue weighted by atomic mass is 10.1. The predicted octanol–water partition coefficient (Wildman–Crippen LogP) is 1.00. The van der Waals surface area contributed by atoms with Gasteiger partial charge in [0.1, 0.15) is 17.3 Å². The SMILES string of the molecule is Cc1nc(C)c(Br)c(N2CC(n3cc(CO)nn3)C2)n1. The first-order chi connectivity index (χ1) is 9.58. The molecule has 106 valence electrons. The van der Waals surface area contributed by atoms with Crippen molar-refractivity contribution in [1.82, 2.24) is 25.0 Å². The Balaban J connectivity index is 1.74. The number of hydrogen-bond donors (Lipinski definition) is 1. The monoisotopic (exact) mass is 338 g/mol. The van der Waals surface area contributed by atoms with E-state index in [0.717, 1.165) is 34.9 Å². The molecule has 1 saturated heterocycles. The van der Waals surface area contributed by atoms with E-state index < -0.39 is 0 Å². The molecule has 0 saturated carbocycles. The van der Waals surface area contributed by atoms with Crippen molar-refractivity contribution in [2.45, 2.75) is 26.5 Å². The molecule has 0 bridgehead atoms. The fourth-order valence-electron chi connectivity index (χ4n) is 2.25. The third-order valence-corrected chi connectivity index (χ3v) is 4.30. The summed E-state index contributed by atoms with van der Waals surface area (Å²) < 4.78 is 2.74. The first-order valence-corrected chi connectivity index (χ1v) is 7.15. The minimum Gasteiger partial charge on any atom is -0.390 e. The van der Waals surface area contributed by atoms with Crippen molar-refractivity contribution in [2.75, 3.05) is 18.0 Å². The van der Waals surface area contributed by atoms with E-state index in [2.05, 4.69) is 41.1 Å². The summed E-state index contributed by atoms with van der Waals surface area (Å²) in [5.41, 5.74) is 1.54. The van der Waals surface area contributed by atoms with Crippen LogP contribution in [0.25, 0.3) is 0 Å². The highest BCUT2D eigenvalue weighted by molar-refractivity contribution is 9.10. The molecule has 1 aliphatic rings. The Hall–Kier alpha value is -1.54. The first kappa shape index (κ1) is 13.4. The highest BCUT2D eigenvalue weighted by atomic mass is 79.9. The van der Waals surface area contributed by atoms with Crippen LogP contribution in [0, 0.1) is 13.8 Å². The van der Waals surface area contributed by atoms with Gasteiger partial charge in [-0.1, -0.05) is 5.21 Å². The van der Waals surface area contributed by atoms with Gasteiger partial charge in [-0.15, -0.1) is 5.10 Å². The third kappa shape index (κ3) is 2.29. The van der Waals surface area contributed by atoms with E-state index in [1.807, 2.05) is 13.8 Å². The summed E-state index contributed by atoms with van der Waals surface area (Å²) in [5.74, 6) is 1.70. The van der Waals surface area contributed by atoms with E-state index in [0.29, 0.717) is 5.69 Å². The molecule has 0 unspecified atom stereocenters. The molecule has 3 rings (SSSR count). The fraction of sp³-hybridized carbons (Fsp3) is 0.500. The van der Waals surface area contributed by atoms with Crippen molar-refractivity contribution >= 4 is 21.7 Å². The van der Waals surface area contributed by atoms with Crippen LogP contribution in [0.2, 0.25) is 0 Å². The Morgan fingerprint density at radius 1 is 1.35 bits per heavy atom. The molecule has 2 aromatic rings. The summed E-state index contributed by atoms with van der Waals surface area (Å²) in [6, 6.07) is 0.269. The third-order valence-electron chi connectivity index (χ3n) is 3.37. The van der Waals surface area contributed by atoms with Crippen LogP contribution in [0.3, 0.4) is 0 Å². The lowest BCUT2D eigenvalue weighted by Gasteiger charge is -2.40. The lowest BCUT2D eigenvalue weighted by Crippen LogP contribution is -2.48. The zero-order valence-electron chi connectivity index (χ0n) is 11.3. The van der Waals surface area contributed by atoms with Gasteiger partial charge in [0.15, 0.2) is 0 Å². The van der Waals surface area contributed by atoms with Gasteiger partial charge < -0.3 is 10.0 Å². The van der Waals surface area contributed by atoms with Crippen LogP contribution in [0.4, 0.5) is 5.82 Å². The molecule has 2 aromatic heterocycles. The maximum Gasteiger partial charge on any atom is 0.147 e. The van der Waals surface area contributed by atoms with E-state index in [9.17, 15) is 0 Å². The van der Waals surface area contributed by atoms with Crippen LogP contribution in [-0.4, -0.2) is 43.2 Å². The molecule has 1 aliphatic heterocycles. The summed E-state index contributed by atoms with van der Waals surface area (Å²) in [7, 11) is 0. The number of aliphatic hydroxyl groups is 1. The number of rotatable bonds is 3. The van der Waals surface area contributed by atoms with Crippen molar-refractivity contribution in [3.05, 3.63) is 27.9 Å². The molecule has 1 fully saturated rings. The van der Waals surface area contributed by atoms with Crippen molar-refractivity contribution in [3.63, 3.8) is 0 Å². The van der Waals surface area contributed by atoms with Crippen LogP contribution in [0.1, 0.15) is 23.3 Å². The van der Waals surface area contributed by atoms with Crippen molar-refractivity contribution in [1.29, 1.82) is 0 Å². The molecule has 0 aromatic carbocycles. The molecular weight excluding hydrogens is 324 g/mol. The second kappa shape index (κ2) is 5.10. The number of aliphatic hydroxyl groups excluding tert-OH is 1. The van der Waals surface area contributed by atoms with Crippen LogP contribution in [0.15, 0.2) is 10.7 Å². The summed E-state index contributed by atoms with van der Waals surface area (Å²) in [6.07, 6.45) is 1.79. The highest BCUT2D eigenvalue weighted by Crippen LogP contribution is 2.32. The molecule has 8 heteroatoms. The molecule has 0 spiro atoms. The largest absolute Gasteiger partial charge is 0.390 e. The Bertz CT molecular complexity index is 637. The molecule has 0 atom stereocenters. The summed E-state index contributed by atoms with van der Waals surface area (Å²) in [5, 5.41) is 16.9. The predicted molar refractivity (Wildman–Crippen MR) is 76.4 cm³/mol. The number of aromatic nitrogens is 5. The van der Waals surface area contributed by atoms with E-state index in [4.69, 9.17) is 5.11 Å². The van der Waals surface area contributed by atoms with Gasteiger partial charge in [0, 0.05) is 13.1 Å². The zero-order chi connectivity index (χ0) is 14.3. The zero-order valence-corrected chi connectivity index (χ0v) is 12.9. The molecule has 1 N–H and O–H groups in total. The van der Waals surface area contributed by atoms with Gasteiger partial charge in [-0.3, -0.25) is 0 Å². The van der Waals surface area contributed by atoms with E-state index >= 15 is 0 Å². The van der Waals surface area contributed by atoms with Crippen LogP contribution in [-0.2, 0) is 6.61 Å². The molecule has 0 aliphatic carbocycles. The van der Waals surface area contributed by atoms with Crippen LogP contribution < -0.4 is 4.90 Å². The Labute approximate surface area is 124 Å². The standard InChI is InChI=1S/C12H15BrN6O/c1-7-11(13)12(15-8(2)14-7)18-4-10(5-18)19-3-9(6-20)16-17-19/h3,10,20H,4-6H2,1-2H3. The number of hydrogen-bond acceptors (Lipinski definition) is 6. The number of aryl methyl sites for hydroxylation is 2. The molecule has 7 nitrogen and oxygen atoms in total. The van der Waals surface area contributed by atoms with Gasteiger partial charge in [-0.25, -0.2) is 14.6 Å². The van der Waals surface area contributed by atoms with E-state index in [1.54, 1.807) is 10.9 Å². The summed E-state index contributed by atoms with van der Waals surface area (Å²) >= 11 is 3.55. The lowest BCUT2D eigenvalue weighted by molar-refractivity contribution is 0.276. The fourth-order valence-corrected chi connectivity index (χ4v) is 2.68.